The first-order valence-corrected chi connectivity index (χ1v) is 9.09. The van der Waals surface area contributed by atoms with Gasteiger partial charge in [-0.25, -0.2) is 4.79 Å². The summed E-state index contributed by atoms with van der Waals surface area (Å²) >= 11 is 0. The first-order valence-electron chi connectivity index (χ1n) is 9.09. The van der Waals surface area contributed by atoms with Gasteiger partial charge >= 0.3 is 18.2 Å². The Bertz CT molecular complexity index is 865. The summed E-state index contributed by atoms with van der Waals surface area (Å²) in [4.78, 5) is 25.1. The molecule has 0 aliphatic carbocycles. The van der Waals surface area contributed by atoms with Crippen LogP contribution < -0.4 is 10.2 Å². The number of ether oxygens (including phenoxy) is 1. The molecule has 2 aromatic rings. The lowest BCUT2D eigenvalue weighted by Crippen LogP contribution is -2.53. The molecule has 1 N–H and O–H groups in total. The minimum Gasteiger partial charge on any atom is -0.443 e. The molecule has 0 spiro atoms. The molecule has 0 aromatic heterocycles. The molecule has 1 aliphatic heterocycles. The fraction of sp³-hybridized carbons (Fsp3) is 0.300. The predicted octanol–water partition coefficient (Wildman–Crippen LogP) is 3.45. The van der Waals surface area contributed by atoms with Crippen LogP contribution in [-0.4, -0.2) is 48.5 Å². The topological polar surface area (TPSA) is 61.9 Å². The number of benzene rings is 2. The molecule has 1 saturated heterocycles. The van der Waals surface area contributed by atoms with Crippen molar-refractivity contribution in [3.63, 3.8) is 0 Å². The summed E-state index contributed by atoms with van der Waals surface area (Å²) in [5.74, 6) is -2.20. The normalized spacial score (nSPS) is 18.7. The van der Waals surface area contributed by atoms with Crippen molar-refractivity contribution < 1.29 is 32.0 Å². The molecule has 2 amide bonds. The van der Waals surface area contributed by atoms with E-state index >= 15 is 0 Å². The number of anilines is 1. The monoisotopic (exact) mass is 425 g/mol. The van der Waals surface area contributed by atoms with Gasteiger partial charge in [-0.05, 0) is 17.7 Å². The van der Waals surface area contributed by atoms with Crippen LogP contribution in [0.3, 0.4) is 0 Å². The zero-order chi connectivity index (χ0) is 21.7. The lowest BCUT2D eigenvalue weighted by atomic mass is 10.1. The Kier molecular flexibility index (Phi) is 6.43. The van der Waals surface area contributed by atoms with Crippen molar-refractivity contribution in [2.75, 3.05) is 18.0 Å². The fourth-order valence-corrected chi connectivity index (χ4v) is 3.17. The Labute approximate surface area is 170 Å². The lowest BCUT2D eigenvalue weighted by molar-refractivity contribution is -0.174. The van der Waals surface area contributed by atoms with E-state index in [4.69, 9.17) is 4.74 Å². The third-order valence-corrected chi connectivity index (χ3v) is 4.66. The second-order valence-corrected chi connectivity index (χ2v) is 6.74. The number of carbonyl (C=O) groups excluding carboxylic acids is 2. The van der Waals surface area contributed by atoms with Crippen LogP contribution in [0.1, 0.15) is 5.56 Å². The van der Waals surface area contributed by atoms with Crippen LogP contribution in [-0.2, 0) is 16.1 Å². The number of nitrogens with one attached hydrogen (secondary N) is 1. The molecule has 1 heterocycles. The van der Waals surface area contributed by atoms with Crippen molar-refractivity contribution in [2.24, 2.45) is 0 Å². The number of halogens is 4. The number of carbonyl (C=O) groups is 2. The minimum atomic E-state index is -5.13. The molecule has 2 aromatic carbocycles. The van der Waals surface area contributed by atoms with Crippen LogP contribution in [0, 0.1) is 0 Å². The number of amides is 2. The number of hydrogen-bond acceptors (Lipinski definition) is 4. The summed E-state index contributed by atoms with van der Waals surface area (Å²) in [7, 11) is 0. The Morgan fingerprint density at radius 3 is 2.23 bits per heavy atom. The molecule has 10 heteroatoms. The second-order valence-electron chi connectivity index (χ2n) is 6.74. The van der Waals surface area contributed by atoms with Gasteiger partial charge in [0.15, 0.2) is 0 Å². The molecule has 2 unspecified atom stereocenters. The van der Waals surface area contributed by atoms with Gasteiger partial charge in [0.1, 0.15) is 12.6 Å². The van der Waals surface area contributed by atoms with Gasteiger partial charge in [0.25, 0.3) is 0 Å². The molecule has 0 radical (unpaired) electrons. The van der Waals surface area contributed by atoms with Gasteiger partial charge < -0.3 is 15.0 Å². The van der Waals surface area contributed by atoms with Gasteiger partial charge in [0, 0.05) is 18.8 Å². The van der Waals surface area contributed by atoms with Gasteiger partial charge in [-0.3, -0.25) is 4.79 Å². The van der Waals surface area contributed by atoms with E-state index in [0.717, 1.165) is 0 Å². The van der Waals surface area contributed by atoms with Gasteiger partial charge in [0.05, 0.1) is 6.04 Å². The van der Waals surface area contributed by atoms with Crippen LogP contribution in [0.15, 0.2) is 60.7 Å². The lowest BCUT2D eigenvalue weighted by Gasteiger charge is -2.24. The summed E-state index contributed by atoms with van der Waals surface area (Å²) in [5, 5.41) is 1.53. The maximum absolute atomic E-state index is 14.8. The van der Waals surface area contributed by atoms with Crippen molar-refractivity contribution in [3.05, 3.63) is 66.2 Å². The minimum absolute atomic E-state index is 0.108. The first kappa shape index (κ1) is 21.4. The SMILES string of the molecule is O=C(OCc1ccccc1)N(F)C1CN(c2ccccc2)CC1NC(=O)C(F)(F)F. The summed E-state index contributed by atoms with van der Waals surface area (Å²) in [5.41, 5.74) is 1.25. The third kappa shape index (κ3) is 5.19. The Balaban J connectivity index is 1.72. The summed E-state index contributed by atoms with van der Waals surface area (Å²) in [6.45, 7) is -0.429. The second kappa shape index (κ2) is 9.02. The van der Waals surface area contributed by atoms with E-state index in [0.29, 0.717) is 11.3 Å². The highest BCUT2D eigenvalue weighted by Gasteiger charge is 2.46. The van der Waals surface area contributed by atoms with Gasteiger partial charge in [-0.1, -0.05) is 53.0 Å². The molecule has 0 bridgehead atoms. The number of alkyl halides is 3. The maximum Gasteiger partial charge on any atom is 0.471 e. The van der Waals surface area contributed by atoms with Crippen LogP contribution in [0.2, 0.25) is 0 Å². The molecule has 1 aliphatic rings. The van der Waals surface area contributed by atoms with Crippen LogP contribution >= 0.6 is 0 Å². The molecular weight excluding hydrogens is 406 g/mol. The standard InChI is InChI=1S/C20H19F4N3O3/c21-20(22,23)18(28)25-16-11-26(15-9-5-2-6-10-15)12-17(16)27(24)19(29)30-13-14-7-3-1-4-8-14/h1-10,16-17H,11-13H2,(H,25,28). The Hall–Kier alpha value is -3.30. The van der Waals surface area contributed by atoms with E-state index in [1.165, 1.54) is 0 Å². The van der Waals surface area contributed by atoms with Crippen LogP contribution in [0.25, 0.3) is 0 Å². The number of rotatable bonds is 5. The first-order chi connectivity index (χ1) is 14.3. The van der Waals surface area contributed by atoms with Crippen LogP contribution in [0.4, 0.5) is 28.1 Å². The average molecular weight is 425 g/mol. The Morgan fingerprint density at radius 1 is 1.03 bits per heavy atom. The van der Waals surface area contributed by atoms with Crippen molar-refractivity contribution in [3.8, 4) is 0 Å². The van der Waals surface area contributed by atoms with Gasteiger partial charge in [-0.2, -0.15) is 13.2 Å². The van der Waals surface area contributed by atoms with E-state index in [2.05, 4.69) is 0 Å². The summed E-state index contributed by atoms with van der Waals surface area (Å²) in [6, 6.07) is 14.5. The Morgan fingerprint density at radius 2 is 1.63 bits per heavy atom. The molecule has 160 valence electrons. The molecule has 30 heavy (non-hydrogen) atoms. The zero-order valence-electron chi connectivity index (χ0n) is 15.7. The molecule has 0 saturated carbocycles. The molecule has 6 nitrogen and oxygen atoms in total. The van der Waals surface area contributed by atoms with E-state index in [1.54, 1.807) is 70.9 Å². The van der Waals surface area contributed by atoms with E-state index in [1.807, 2.05) is 0 Å². The smallest absolute Gasteiger partial charge is 0.443 e. The maximum atomic E-state index is 14.8. The van der Waals surface area contributed by atoms with Crippen molar-refractivity contribution >= 4 is 17.7 Å². The average Bonchev–Trinajstić information content (AvgIpc) is 3.16. The van der Waals surface area contributed by atoms with Crippen LogP contribution in [0.5, 0.6) is 0 Å². The number of para-hydroxylation sites is 1. The number of nitrogens with zero attached hydrogens (tertiary/aromatic N) is 2. The van der Waals surface area contributed by atoms with Crippen molar-refractivity contribution in [1.29, 1.82) is 0 Å². The highest BCUT2D eigenvalue weighted by atomic mass is 19.4. The quantitative estimate of drug-likeness (QED) is 0.589. The molecule has 3 rings (SSSR count). The zero-order valence-corrected chi connectivity index (χ0v) is 15.7. The summed E-state index contributed by atoms with van der Waals surface area (Å²) in [6.07, 6.45) is -6.47. The van der Waals surface area contributed by atoms with Crippen molar-refractivity contribution in [2.45, 2.75) is 24.9 Å². The van der Waals surface area contributed by atoms with Gasteiger partial charge in [0.2, 0.25) is 0 Å². The molecule has 2 atom stereocenters. The van der Waals surface area contributed by atoms with Crippen molar-refractivity contribution in [1.82, 2.24) is 10.4 Å². The highest BCUT2D eigenvalue weighted by Crippen LogP contribution is 2.25. The molecule has 1 fully saturated rings. The largest absolute Gasteiger partial charge is 0.471 e. The summed E-state index contributed by atoms with van der Waals surface area (Å²) < 4.78 is 57.8. The number of hydrogen-bond donors (Lipinski definition) is 1. The molecular formula is C20H19F4N3O3. The fourth-order valence-electron chi connectivity index (χ4n) is 3.17. The third-order valence-electron chi connectivity index (χ3n) is 4.66. The van der Waals surface area contributed by atoms with E-state index in [9.17, 15) is 27.2 Å². The van der Waals surface area contributed by atoms with Gasteiger partial charge in [-0.15, -0.1) is 5.12 Å². The predicted molar refractivity (Wildman–Crippen MR) is 100 cm³/mol. The highest BCUT2D eigenvalue weighted by molar-refractivity contribution is 5.82. The van der Waals surface area contributed by atoms with E-state index in [-0.39, 0.29) is 24.8 Å². The van der Waals surface area contributed by atoms with E-state index < -0.39 is 30.3 Å².